The van der Waals surface area contributed by atoms with Crippen LogP contribution in [-0.4, -0.2) is 49.6 Å². The summed E-state index contributed by atoms with van der Waals surface area (Å²) in [5.41, 5.74) is -0.303. The Morgan fingerprint density at radius 2 is 2.05 bits per heavy atom. The summed E-state index contributed by atoms with van der Waals surface area (Å²) >= 11 is 0. The monoisotopic (exact) mass is 308 g/mol. The van der Waals surface area contributed by atoms with Gasteiger partial charge in [0.05, 0.1) is 12.0 Å². The van der Waals surface area contributed by atoms with E-state index >= 15 is 0 Å². The number of hydrogen-bond acceptors (Lipinski definition) is 3. The molecule has 0 aromatic carbocycles. The zero-order valence-electron chi connectivity index (χ0n) is 13.6. The molecule has 1 N–H and O–H groups in total. The first-order chi connectivity index (χ1) is 10.6. The van der Waals surface area contributed by atoms with E-state index in [1.54, 1.807) is 7.11 Å². The highest BCUT2D eigenvalue weighted by molar-refractivity contribution is 5.84. The van der Waals surface area contributed by atoms with Crippen LogP contribution in [0.1, 0.15) is 51.4 Å². The van der Waals surface area contributed by atoms with Crippen LogP contribution in [0.25, 0.3) is 0 Å². The molecule has 2 saturated carbocycles. The van der Waals surface area contributed by atoms with Gasteiger partial charge < -0.3 is 15.0 Å². The van der Waals surface area contributed by atoms with Gasteiger partial charge in [0.2, 0.25) is 11.8 Å². The third kappa shape index (κ3) is 3.00. The summed E-state index contributed by atoms with van der Waals surface area (Å²) in [4.78, 5) is 26.7. The molecule has 22 heavy (non-hydrogen) atoms. The predicted molar refractivity (Wildman–Crippen MR) is 83.2 cm³/mol. The molecule has 1 aliphatic heterocycles. The van der Waals surface area contributed by atoms with Gasteiger partial charge in [-0.15, -0.1) is 0 Å². The van der Waals surface area contributed by atoms with E-state index in [1.165, 1.54) is 12.8 Å². The van der Waals surface area contributed by atoms with Gasteiger partial charge in [0.15, 0.2) is 0 Å². The summed E-state index contributed by atoms with van der Waals surface area (Å²) in [5.74, 6) is 0.672. The van der Waals surface area contributed by atoms with Crippen molar-refractivity contribution in [1.29, 1.82) is 0 Å². The number of ether oxygens (including phenoxy) is 1. The summed E-state index contributed by atoms with van der Waals surface area (Å²) in [7, 11) is 1.66. The largest absolute Gasteiger partial charge is 0.384 e. The number of rotatable bonds is 6. The number of hydrogen-bond donors (Lipinski definition) is 1. The van der Waals surface area contributed by atoms with E-state index in [-0.39, 0.29) is 23.1 Å². The van der Waals surface area contributed by atoms with Crippen LogP contribution in [0.4, 0.5) is 0 Å². The van der Waals surface area contributed by atoms with Crippen molar-refractivity contribution in [2.24, 2.45) is 11.3 Å². The highest BCUT2D eigenvalue weighted by Crippen LogP contribution is 2.41. The minimum Gasteiger partial charge on any atom is -0.384 e. The molecule has 1 atom stereocenters. The number of carbonyl (C=O) groups excluding carboxylic acids is 2. The Kier molecular flexibility index (Phi) is 4.71. The molecule has 1 heterocycles. The summed E-state index contributed by atoms with van der Waals surface area (Å²) in [6.07, 6.45) is 8.34. The lowest BCUT2D eigenvalue weighted by Crippen LogP contribution is -2.49. The van der Waals surface area contributed by atoms with Gasteiger partial charge in [-0.25, -0.2) is 0 Å². The van der Waals surface area contributed by atoms with Crippen molar-refractivity contribution in [2.75, 3.05) is 26.8 Å². The Bertz CT molecular complexity index is 428. The third-order valence-corrected chi connectivity index (χ3v) is 5.77. The molecule has 124 valence electrons. The Morgan fingerprint density at radius 1 is 1.32 bits per heavy atom. The quantitative estimate of drug-likeness (QED) is 0.812. The topological polar surface area (TPSA) is 58.6 Å². The highest BCUT2D eigenvalue weighted by Gasteiger charge is 2.44. The second-order valence-corrected chi connectivity index (χ2v) is 7.33. The van der Waals surface area contributed by atoms with E-state index in [4.69, 9.17) is 4.74 Å². The molecule has 0 radical (unpaired) electrons. The molecular weight excluding hydrogens is 280 g/mol. The van der Waals surface area contributed by atoms with E-state index in [2.05, 4.69) is 10.2 Å². The van der Waals surface area contributed by atoms with E-state index in [0.717, 1.165) is 38.6 Å². The summed E-state index contributed by atoms with van der Waals surface area (Å²) in [6, 6.07) is 0.458. The Balaban J connectivity index is 1.48. The van der Waals surface area contributed by atoms with Gasteiger partial charge in [-0.1, -0.05) is 19.3 Å². The smallest absolute Gasteiger partial charge is 0.228 e. The van der Waals surface area contributed by atoms with Gasteiger partial charge in [0, 0.05) is 38.6 Å². The van der Waals surface area contributed by atoms with Crippen LogP contribution in [0.3, 0.4) is 0 Å². The molecule has 0 spiro atoms. The molecule has 0 aromatic rings. The minimum atomic E-state index is -0.303. The molecule has 0 aromatic heterocycles. The van der Waals surface area contributed by atoms with Crippen molar-refractivity contribution in [3.05, 3.63) is 0 Å². The van der Waals surface area contributed by atoms with Crippen LogP contribution in [0.2, 0.25) is 0 Å². The molecule has 5 nitrogen and oxygen atoms in total. The van der Waals surface area contributed by atoms with E-state index in [1.807, 2.05) is 0 Å². The molecular formula is C17H28N2O3. The molecule has 0 unspecified atom stereocenters. The Morgan fingerprint density at radius 3 is 2.64 bits per heavy atom. The van der Waals surface area contributed by atoms with Crippen molar-refractivity contribution in [3.8, 4) is 0 Å². The molecule has 0 bridgehead atoms. The molecule has 2 aliphatic carbocycles. The van der Waals surface area contributed by atoms with Crippen molar-refractivity contribution in [3.63, 3.8) is 0 Å². The van der Waals surface area contributed by atoms with Crippen LogP contribution in [0.15, 0.2) is 0 Å². The number of nitrogens with zero attached hydrogens (tertiary/aromatic N) is 1. The van der Waals surface area contributed by atoms with Gasteiger partial charge in [-0.05, 0) is 25.7 Å². The second kappa shape index (κ2) is 6.57. The standard InChI is InChI=1S/C17H28N2O3/c1-22-12-17(7-4-8-17)16(21)18-10-13-9-15(20)19(11-13)14-5-2-3-6-14/h13-14H,2-12H2,1H3,(H,18,21)/t13-/m0/s1. The normalized spacial score (nSPS) is 28.0. The lowest BCUT2D eigenvalue weighted by Gasteiger charge is -2.39. The maximum absolute atomic E-state index is 12.4. The highest BCUT2D eigenvalue weighted by atomic mass is 16.5. The molecule has 3 aliphatic rings. The first kappa shape index (κ1) is 15.8. The van der Waals surface area contributed by atoms with Crippen LogP contribution >= 0.6 is 0 Å². The maximum atomic E-state index is 12.4. The lowest BCUT2D eigenvalue weighted by atomic mass is 9.68. The zero-order valence-corrected chi connectivity index (χ0v) is 13.6. The van der Waals surface area contributed by atoms with E-state index < -0.39 is 0 Å². The van der Waals surface area contributed by atoms with Crippen LogP contribution in [0, 0.1) is 11.3 Å². The van der Waals surface area contributed by atoms with Gasteiger partial charge in [-0.2, -0.15) is 0 Å². The van der Waals surface area contributed by atoms with Gasteiger partial charge in [-0.3, -0.25) is 9.59 Å². The van der Waals surface area contributed by atoms with Gasteiger partial charge in [0.25, 0.3) is 0 Å². The van der Waals surface area contributed by atoms with Crippen molar-refractivity contribution < 1.29 is 14.3 Å². The SMILES string of the molecule is COCC1(C(=O)NC[C@@H]2CC(=O)N(C3CCCC3)C2)CCC1. The van der Waals surface area contributed by atoms with Gasteiger partial charge >= 0.3 is 0 Å². The fourth-order valence-corrected chi connectivity index (χ4v) is 4.26. The third-order valence-electron chi connectivity index (χ3n) is 5.77. The van der Waals surface area contributed by atoms with Crippen molar-refractivity contribution in [1.82, 2.24) is 10.2 Å². The first-order valence-electron chi connectivity index (χ1n) is 8.71. The number of carbonyl (C=O) groups is 2. The zero-order chi connectivity index (χ0) is 15.6. The van der Waals surface area contributed by atoms with E-state index in [0.29, 0.717) is 25.6 Å². The Hall–Kier alpha value is -1.10. The predicted octanol–water partition coefficient (Wildman–Crippen LogP) is 1.71. The van der Waals surface area contributed by atoms with Gasteiger partial charge in [0.1, 0.15) is 0 Å². The number of methoxy groups -OCH3 is 1. The van der Waals surface area contributed by atoms with Crippen LogP contribution < -0.4 is 5.32 Å². The van der Waals surface area contributed by atoms with E-state index in [9.17, 15) is 9.59 Å². The second-order valence-electron chi connectivity index (χ2n) is 7.33. The molecule has 3 fully saturated rings. The number of amides is 2. The fourth-order valence-electron chi connectivity index (χ4n) is 4.26. The van der Waals surface area contributed by atoms with Crippen molar-refractivity contribution in [2.45, 2.75) is 57.4 Å². The lowest BCUT2D eigenvalue weighted by molar-refractivity contribution is -0.140. The van der Waals surface area contributed by atoms with Crippen molar-refractivity contribution >= 4 is 11.8 Å². The van der Waals surface area contributed by atoms with Crippen LogP contribution in [0.5, 0.6) is 0 Å². The number of nitrogens with one attached hydrogen (secondary N) is 1. The average Bonchev–Trinajstić information content (AvgIpc) is 3.09. The summed E-state index contributed by atoms with van der Waals surface area (Å²) in [6.45, 7) is 1.96. The summed E-state index contributed by atoms with van der Waals surface area (Å²) in [5, 5.41) is 3.09. The van der Waals surface area contributed by atoms with Crippen LogP contribution in [-0.2, 0) is 14.3 Å². The molecule has 3 rings (SSSR count). The average molecular weight is 308 g/mol. The maximum Gasteiger partial charge on any atom is 0.228 e. The fraction of sp³-hybridized carbons (Fsp3) is 0.882. The molecule has 2 amide bonds. The molecule has 5 heteroatoms. The molecule has 1 saturated heterocycles. The number of likely N-dealkylation sites (tertiary alicyclic amines) is 1. The Labute approximate surface area is 132 Å². The summed E-state index contributed by atoms with van der Waals surface area (Å²) < 4.78 is 5.22. The first-order valence-corrected chi connectivity index (χ1v) is 8.71. The minimum absolute atomic E-state index is 0.118.